The SMILES string of the molecule is COc1ccc([P+](c2ccc(OC)cc2)(c2ccc(OC)cc2)c2ccc(OC)cc2)cc1.c1ccc([B-](c2ccccc2)(c2ccccc2)c2ccccc2)cc1. The van der Waals surface area contributed by atoms with Crippen LogP contribution in [0.1, 0.15) is 0 Å². The number of benzene rings is 8. The first-order valence-electron chi connectivity index (χ1n) is 19.4. The standard InChI is InChI=1S/C28H28O4P.C24H20B/c1-29-21-5-13-25(14-6-21)33(26-15-7-22(30-2)8-16-26,27-17-9-23(31-3)10-18-27)28-19-11-24(32-4)12-20-28;1-5-13-21(14-6-1)25(22-15-7-2-8-16-22,23-17-9-3-10-18-23)24-19-11-4-12-20-24/h5-20H,1-4H3;1-20H/q+1;-1. The highest BCUT2D eigenvalue weighted by Gasteiger charge is 2.48. The number of hydrogen-bond donors (Lipinski definition) is 0. The van der Waals surface area contributed by atoms with Crippen LogP contribution in [0.3, 0.4) is 0 Å². The van der Waals surface area contributed by atoms with E-state index in [4.69, 9.17) is 18.9 Å². The summed E-state index contributed by atoms with van der Waals surface area (Å²) in [5, 5.41) is 4.90. The smallest absolute Gasteiger partial charge is 0.144 e. The molecule has 8 rings (SSSR count). The topological polar surface area (TPSA) is 36.9 Å². The number of hydrogen-bond acceptors (Lipinski definition) is 4. The highest BCUT2D eigenvalue weighted by Crippen LogP contribution is 2.55. The molecule has 4 nitrogen and oxygen atoms in total. The molecule has 288 valence electrons. The second-order valence-corrected chi connectivity index (χ2v) is 17.4. The summed E-state index contributed by atoms with van der Waals surface area (Å²) in [6.45, 7) is 0. The Morgan fingerprint density at radius 2 is 0.448 bits per heavy atom. The van der Waals surface area contributed by atoms with E-state index in [0.29, 0.717) is 0 Å². The van der Waals surface area contributed by atoms with Gasteiger partial charge in [-0.15, -0.1) is 0 Å². The Balaban J connectivity index is 0.000000183. The lowest BCUT2D eigenvalue weighted by Gasteiger charge is -2.44. The Hall–Kier alpha value is -6.55. The molecule has 0 spiro atoms. The lowest BCUT2D eigenvalue weighted by atomic mass is 9.13. The molecule has 0 atom stereocenters. The van der Waals surface area contributed by atoms with E-state index in [9.17, 15) is 0 Å². The van der Waals surface area contributed by atoms with Crippen LogP contribution in [0, 0.1) is 0 Å². The quantitative estimate of drug-likeness (QED) is 0.0958. The summed E-state index contributed by atoms with van der Waals surface area (Å²) in [4.78, 5) is 0. The maximum atomic E-state index is 5.45. The molecule has 6 heteroatoms. The van der Waals surface area contributed by atoms with Crippen molar-refractivity contribution in [1.29, 1.82) is 0 Å². The first kappa shape index (κ1) is 39.7. The number of rotatable bonds is 12. The van der Waals surface area contributed by atoms with E-state index >= 15 is 0 Å². The van der Waals surface area contributed by atoms with Gasteiger partial charge in [0.1, 0.15) is 57.6 Å². The van der Waals surface area contributed by atoms with Gasteiger partial charge < -0.3 is 18.9 Å². The second kappa shape index (κ2) is 18.6. The van der Waals surface area contributed by atoms with Crippen molar-refractivity contribution in [1.82, 2.24) is 0 Å². The molecule has 0 amide bonds. The molecule has 0 aliphatic heterocycles. The van der Waals surface area contributed by atoms with Crippen LogP contribution in [-0.4, -0.2) is 34.6 Å². The molecule has 0 fully saturated rings. The zero-order valence-electron chi connectivity index (χ0n) is 33.4. The molecule has 0 bridgehead atoms. The molecule has 0 aliphatic carbocycles. The summed E-state index contributed by atoms with van der Waals surface area (Å²) < 4.78 is 21.8. The lowest BCUT2D eigenvalue weighted by molar-refractivity contribution is 0.415. The van der Waals surface area contributed by atoms with Crippen molar-refractivity contribution in [2.24, 2.45) is 0 Å². The van der Waals surface area contributed by atoms with Crippen molar-refractivity contribution in [2.75, 3.05) is 28.4 Å². The van der Waals surface area contributed by atoms with Gasteiger partial charge in [-0.05, 0) is 97.1 Å². The van der Waals surface area contributed by atoms with Gasteiger partial charge in [-0.3, -0.25) is 0 Å². The molecular formula is C52H48BO4P. The van der Waals surface area contributed by atoms with Gasteiger partial charge in [0.2, 0.25) is 0 Å². The van der Waals surface area contributed by atoms with E-state index in [2.05, 4.69) is 170 Å². The van der Waals surface area contributed by atoms with Crippen LogP contribution in [0.2, 0.25) is 0 Å². The van der Waals surface area contributed by atoms with Gasteiger partial charge in [-0.25, -0.2) is 0 Å². The van der Waals surface area contributed by atoms with Gasteiger partial charge in [0.15, 0.2) is 0 Å². The van der Waals surface area contributed by atoms with Crippen LogP contribution in [-0.2, 0) is 0 Å². The van der Waals surface area contributed by atoms with E-state index in [1.807, 2.05) is 48.5 Å². The normalized spacial score (nSPS) is 11.1. The highest BCUT2D eigenvalue weighted by atomic mass is 31.2. The monoisotopic (exact) mass is 778 g/mol. The molecular weight excluding hydrogens is 730 g/mol. The molecule has 0 unspecified atom stereocenters. The van der Waals surface area contributed by atoms with Gasteiger partial charge in [0, 0.05) is 0 Å². The molecule has 0 radical (unpaired) electrons. The molecule has 8 aromatic carbocycles. The zero-order valence-corrected chi connectivity index (χ0v) is 34.3. The number of ether oxygens (including phenoxy) is 4. The fourth-order valence-corrected chi connectivity index (χ4v) is 12.4. The highest BCUT2D eigenvalue weighted by molar-refractivity contribution is 8.01. The largest absolute Gasteiger partial charge is 0.497 e. The van der Waals surface area contributed by atoms with Crippen LogP contribution in [0.25, 0.3) is 0 Å². The van der Waals surface area contributed by atoms with Crippen LogP contribution in [0.4, 0.5) is 0 Å². The third kappa shape index (κ3) is 7.87. The number of methoxy groups -OCH3 is 4. The molecule has 0 heterocycles. The Morgan fingerprint density at radius 3 is 0.621 bits per heavy atom. The fourth-order valence-electron chi connectivity index (χ4n) is 8.24. The summed E-state index contributed by atoms with van der Waals surface area (Å²) >= 11 is 0. The van der Waals surface area contributed by atoms with Crippen molar-refractivity contribution in [2.45, 2.75) is 0 Å². The van der Waals surface area contributed by atoms with Crippen LogP contribution in [0.5, 0.6) is 23.0 Å². The average Bonchev–Trinajstić information content (AvgIpc) is 3.32. The van der Waals surface area contributed by atoms with Crippen molar-refractivity contribution >= 4 is 56.5 Å². The minimum absolute atomic E-state index is 0.830. The van der Waals surface area contributed by atoms with E-state index in [-0.39, 0.29) is 0 Å². The molecule has 0 aliphatic rings. The van der Waals surface area contributed by atoms with E-state index in [1.165, 1.54) is 43.1 Å². The van der Waals surface area contributed by atoms with E-state index < -0.39 is 13.4 Å². The Morgan fingerprint density at radius 1 is 0.259 bits per heavy atom. The van der Waals surface area contributed by atoms with Gasteiger partial charge in [-0.2, -0.15) is 21.9 Å². The molecule has 0 saturated carbocycles. The van der Waals surface area contributed by atoms with Gasteiger partial charge in [-0.1, -0.05) is 121 Å². The minimum Gasteiger partial charge on any atom is -0.497 e. The summed E-state index contributed by atoms with van der Waals surface area (Å²) in [6.07, 6.45) is -1.22. The summed E-state index contributed by atoms with van der Waals surface area (Å²) in [6, 6.07) is 77.1. The lowest BCUT2D eigenvalue weighted by Crippen LogP contribution is -2.74. The van der Waals surface area contributed by atoms with Crippen molar-refractivity contribution in [3.63, 3.8) is 0 Å². The Labute approximate surface area is 343 Å². The third-order valence-corrected chi connectivity index (χ3v) is 15.3. The molecule has 8 aromatic rings. The molecule has 0 saturated heterocycles. The summed E-state index contributed by atoms with van der Waals surface area (Å²) in [5.41, 5.74) is 5.36. The van der Waals surface area contributed by atoms with Crippen molar-refractivity contribution in [3.8, 4) is 23.0 Å². The van der Waals surface area contributed by atoms with Crippen LogP contribution < -0.4 is 62.0 Å². The Bertz CT molecular complexity index is 2090. The maximum absolute atomic E-state index is 5.45. The van der Waals surface area contributed by atoms with Crippen LogP contribution >= 0.6 is 7.26 Å². The summed E-state index contributed by atoms with van der Waals surface area (Å²) in [5.74, 6) is 3.32. The first-order valence-corrected chi connectivity index (χ1v) is 21.2. The average molecular weight is 779 g/mol. The van der Waals surface area contributed by atoms with Crippen molar-refractivity contribution < 1.29 is 18.9 Å². The predicted molar refractivity (Wildman–Crippen MR) is 247 cm³/mol. The molecule has 58 heavy (non-hydrogen) atoms. The van der Waals surface area contributed by atoms with Crippen molar-refractivity contribution in [3.05, 3.63) is 218 Å². The predicted octanol–water partition coefficient (Wildman–Crippen LogP) is 7.40. The Kier molecular flexibility index (Phi) is 12.7. The van der Waals surface area contributed by atoms with E-state index in [1.54, 1.807) is 28.4 Å². The minimum atomic E-state index is -2.25. The molecule has 0 N–H and O–H groups in total. The fraction of sp³-hybridized carbons (Fsp3) is 0.0769. The first-order chi connectivity index (χ1) is 28.6. The van der Waals surface area contributed by atoms with E-state index in [0.717, 1.165) is 23.0 Å². The third-order valence-electron chi connectivity index (χ3n) is 11.0. The second-order valence-electron chi connectivity index (χ2n) is 14.0. The van der Waals surface area contributed by atoms with Gasteiger partial charge in [0.05, 0.1) is 28.4 Å². The van der Waals surface area contributed by atoms with Crippen LogP contribution in [0.15, 0.2) is 218 Å². The zero-order chi connectivity index (χ0) is 40.2. The van der Waals surface area contributed by atoms with Gasteiger partial charge in [0.25, 0.3) is 0 Å². The maximum Gasteiger partial charge on any atom is 0.144 e. The summed E-state index contributed by atoms with van der Waals surface area (Å²) in [7, 11) is 4.50. The van der Waals surface area contributed by atoms with Gasteiger partial charge >= 0.3 is 0 Å². The molecule has 0 aromatic heterocycles.